The number of aliphatic hydroxyl groups excluding tert-OH is 1. The molecule has 1 heterocycles. The van der Waals surface area contributed by atoms with Crippen molar-refractivity contribution in [2.45, 2.75) is 20.5 Å². The summed E-state index contributed by atoms with van der Waals surface area (Å²) in [7, 11) is 1.66. The number of hydrogen-bond donors (Lipinski definition) is 1. The molecular formula is C13H15NO2S. The van der Waals surface area contributed by atoms with Crippen LogP contribution in [0.3, 0.4) is 0 Å². The number of thiazole rings is 1. The molecule has 2 rings (SSSR count). The topological polar surface area (TPSA) is 42.4 Å². The van der Waals surface area contributed by atoms with Crippen LogP contribution in [0.25, 0.3) is 11.3 Å². The molecule has 0 fully saturated rings. The van der Waals surface area contributed by atoms with Gasteiger partial charge in [0.1, 0.15) is 5.75 Å². The van der Waals surface area contributed by atoms with Gasteiger partial charge < -0.3 is 9.84 Å². The third-order valence-corrected chi connectivity index (χ3v) is 3.57. The predicted octanol–water partition coefficient (Wildman–Crippen LogP) is 2.93. The van der Waals surface area contributed by atoms with E-state index in [2.05, 4.69) is 4.98 Å². The Labute approximate surface area is 105 Å². The molecule has 0 spiro atoms. The highest BCUT2D eigenvalue weighted by atomic mass is 32.1. The van der Waals surface area contributed by atoms with Crippen molar-refractivity contribution in [2.75, 3.05) is 7.11 Å². The lowest BCUT2D eigenvalue weighted by Crippen LogP contribution is -1.90. The third-order valence-electron chi connectivity index (χ3n) is 2.62. The van der Waals surface area contributed by atoms with E-state index in [1.165, 1.54) is 11.3 Å². The van der Waals surface area contributed by atoms with E-state index < -0.39 is 0 Å². The van der Waals surface area contributed by atoms with Crippen molar-refractivity contribution in [3.05, 3.63) is 33.6 Å². The summed E-state index contributed by atoms with van der Waals surface area (Å²) in [5, 5.41) is 10.3. The van der Waals surface area contributed by atoms with E-state index in [0.717, 1.165) is 32.5 Å². The van der Waals surface area contributed by atoms with E-state index in [1.54, 1.807) is 7.11 Å². The third kappa shape index (κ3) is 2.33. The molecule has 0 bridgehead atoms. The average molecular weight is 249 g/mol. The van der Waals surface area contributed by atoms with Gasteiger partial charge in [0.25, 0.3) is 0 Å². The molecule has 4 heteroatoms. The van der Waals surface area contributed by atoms with Crippen LogP contribution >= 0.6 is 11.3 Å². The molecule has 0 atom stereocenters. The van der Waals surface area contributed by atoms with Crippen molar-refractivity contribution in [3.8, 4) is 17.0 Å². The lowest BCUT2D eigenvalue weighted by Gasteiger charge is -2.06. The fraction of sp³-hybridized carbons (Fsp3) is 0.308. The number of aryl methyl sites for hydroxylation is 2. The Morgan fingerprint density at radius 3 is 2.71 bits per heavy atom. The molecule has 2 aromatic rings. The Morgan fingerprint density at radius 1 is 1.35 bits per heavy atom. The van der Waals surface area contributed by atoms with Crippen LogP contribution < -0.4 is 4.74 Å². The highest BCUT2D eigenvalue weighted by Crippen LogP contribution is 2.30. The summed E-state index contributed by atoms with van der Waals surface area (Å²) in [5.41, 5.74) is 2.97. The number of benzene rings is 1. The monoisotopic (exact) mass is 249 g/mol. The van der Waals surface area contributed by atoms with E-state index in [4.69, 9.17) is 4.74 Å². The molecule has 0 aliphatic rings. The van der Waals surface area contributed by atoms with E-state index >= 15 is 0 Å². The Morgan fingerprint density at radius 2 is 2.12 bits per heavy atom. The molecule has 3 nitrogen and oxygen atoms in total. The van der Waals surface area contributed by atoms with Gasteiger partial charge in [0.2, 0.25) is 0 Å². The first kappa shape index (κ1) is 12.1. The number of methoxy groups -OCH3 is 1. The van der Waals surface area contributed by atoms with Gasteiger partial charge in [-0.15, -0.1) is 11.3 Å². The van der Waals surface area contributed by atoms with Crippen molar-refractivity contribution < 1.29 is 9.84 Å². The van der Waals surface area contributed by atoms with Gasteiger partial charge in [0.15, 0.2) is 0 Å². The molecule has 0 radical (unpaired) electrons. The van der Waals surface area contributed by atoms with Crippen LogP contribution in [0.5, 0.6) is 5.75 Å². The number of aromatic nitrogens is 1. The minimum atomic E-state index is 0.0336. The fourth-order valence-corrected chi connectivity index (χ4v) is 2.65. The van der Waals surface area contributed by atoms with Crippen LogP contribution in [-0.4, -0.2) is 17.2 Å². The van der Waals surface area contributed by atoms with Gasteiger partial charge in [-0.1, -0.05) is 0 Å². The predicted molar refractivity (Wildman–Crippen MR) is 69.5 cm³/mol. The highest BCUT2D eigenvalue weighted by molar-refractivity contribution is 7.12. The summed E-state index contributed by atoms with van der Waals surface area (Å²) in [6, 6.07) is 5.94. The normalized spacial score (nSPS) is 10.6. The molecular weight excluding hydrogens is 234 g/mol. The van der Waals surface area contributed by atoms with Gasteiger partial charge in [0, 0.05) is 5.56 Å². The molecule has 0 aliphatic heterocycles. The second-order valence-corrected chi connectivity index (χ2v) is 5.13. The minimum absolute atomic E-state index is 0.0336. The van der Waals surface area contributed by atoms with Crippen molar-refractivity contribution >= 4 is 11.3 Å². The summed E-state index contributed by atoms with van der Waals surface area (Å²) in [6.45, 7) is 3.98. The summed E-state index contributed by atoms with van der Waals surface area (Å²) >= 11 is 1.53. The molecule has 0 saturated heterocycles. The van der Waals surface area contributed by atoms with Crippen LogP contribution in [0.15, 0.2) is 18.2 Å². The van der Waals surface area contributed by atoms with Gasteiger partial charge in [-0.05, 0) is 37.6 Å². The Bertz CT molecular complexity index is 534. The number of rotatable bonds is 3. The molecule has 0 amide bonds. The van der Waals surface area contributed by atoms with E-state index in [-0.39, 0.29) is 6.61 Å². The van der Waals surface area contributed by atoms with Crippen molar-refractivity contribution in [1.82, 2.24) is 4.98 Å². The lowest BCUT2D eigenvalue weighted by molar-refractivity contribution is 0.286. The minimum Gasteiger partial charge on any atom is -0.496 e. The smallest absolute Gasteiger partial charge is 0.121 e. The average Bonchev–Trinajstić information content (AvgIpc) is 2.70. The number of ether oxygens (including phenoxy) is 1. The molecule has 1 aromatic carbocycles. The quantitative estimate of drug-likeness (QED) is 0.909. The largest absolute Gasteiger partial charge is 0.496 e. The molecule has 1 aromatic heterocycles. The van der Waals surface area contributed by atoms with Crippen molar-refractivity contribution in [3.63, 3.8) is 0 Å². The van der Waals surface area contributed by atoms with Gasteiger partial charge in [-0.25, -0.2) is 4.98 Å². The molecule has 90 valence electrons. The van der Waals surface area contributed by atoms with Gasteiger partial charge >= 0.3 is 0 Å². The van der Waals surface area contributed by atoms with Crippen LogP contribution in [0.4, 0.5) is 0 Å². The standard InChI is InChI=1S/C13H15NO2S/c1-8-6-10(4-5-11(8)16-3)13-12(7-15)17-9(2)14-13/h4-6,15H,7H2,1-3H3. The summed E-state index contributed by atoms with van der Waals surface area (Å²) in [6.07, 6.45) is 0. The fourth-order valence-electron chi connectivity index (χ4n) is 1.83. The van der Waals surface area contributed by atoms with Crippen LogP contribution in [-0.2, 0) is 6.61 Å². The Balaban J connectivity index is 2.49. The zero-order chi connectivity index (χ0) is 12.4. The van der Waals surface area contributed by atoms with Crippen molar-refractivity contribution in [2.24, 2.45) is 0 Å². The zero-order valence-corrected chi connectivity index (χ0v) is 11.0. The first-order chi connectivity index (χ1) is 8.15. The second-order valence-electron chi connectivity index (χ2n) is 3.85. The molecule has 1 N–H and O–H groups in total. The number of hydrogen-bond acceptors (Lipinski definition) is 4. The van der Waals surface area contributed by atoms with Crippen molar-refractivity contribution in [1.29, 1.82) is 0 Å². The summed E-state index contributed by atoms with van der Waals surface area (Å²) in [5.74, 6) is 0.867. The maximum absolute atomic E-state index is 9.31. The lowest BCUT2D eigenvalue weighted by atomic mass is 10.1. The highest BCUT2D eigenvalue weighted by Gasteiger charge is 2.11. The Kier molecular flexibility index (Phi) is 3.45. The van der Waals surface area contributed by atoms with Crippen LogP contribution in [0.2, 0.25) is 0 Å². The zero-order valence-electron chi connectivity index (χ0n) is 10.2. The first-order valence-electron chi connectivity index (χ1n) is 5.38. The van der Waals surface area contributed by atoms with Crippen LogP contribution in [0.1, 0.15) is 15.4 Å². The van der Waals surface area contributed by atoms with Gasteiger partial charge in [0.05, 0.1) is 29.3 Å². The van der Waals surface area contributed by atoms with E-state index in [9.17, 15) is 5.11 Å². The molecule has 0 unspecified atom stereocenters. The van der Waals surface area contributed by atoms with Gasteiger partial charge in [-0.2, -0.15) is 0 Å². The maximum atomic E-state index is 9.31. The second kappa shape index (κ2) is 4.85. The molecule has 17 heavy (non-hydrogen) atoms. The van der Waals surface area contributed by atoms with Gasteiger partial charge in [-0.3, -0.25) is 0 Å². The summed E-state index contributed by atoms with van der Waals surface area (Å²) in [4.78, 5) is 5.38. The summed E-state index contributed by atoms with van der Waals surface area (Å²) < 4.78 is 5.23. The van der Waals surface area contributed by atoms with E-state index in [0.29, 0.717) is 0 Å². The van der Waals surface area contributed by atoms with E-state index in [1.807, 2.05) is 32.0 Å². The Hall–Kier alpha value is -1.39. The molecule has 0 aliphatic carbocycles. The first-order valence-corrected chi connectivity index (χ1v) is 6.19. The SMILES string of the molecule is COc1ccc(-c2nc(C)sc2CO)cc1C. The molecule has 0 saturated carbocycles. The number of aliphatic hydroxyl groups is 1. The van der Waals surface area contributed by atoms with Crippen LogP contribution in [0, 0.1) is 13.8 Å². The number of nitrogens with zero attached hydrogens (tertiary/aromatic N) is 1. The maximum Gasteiger partial charge on any atom is 0.121 e.